The zero-order valence-corrected chi connectivity index (χ0v) is 17.3. The minimum absolute atomic E-state index is 0. The van der Waals surface area contributed by atoms with Gasteiger partial charge in [0.15, 0.2) is 0 Å². The average Bonchev–Trinajstić information content (AvgIpc) is 2.62. The van der Waals surface area contributed by atoms with Crippen molar-refractivity contribution in [3.63, 3.8) is 0 Å². The summed E-state index contributed by atoms with van der Waals surface area (Å²) in [6.45, 7) is 6.42. The number of nitrogens with one attached hydrogen (secondary N) is 2. The van der Waals surface area contributed by atoms with Gasteiger partial charge < -0.3 is 21.5 Å². The third kappa shape index (κ3) is 9.75. The lowest BCUT2D eigenvalue weighted by Gasteiger charge is -2.22. The number of aliphatic hydroxyl groups is 1. The molecule has 154 valence electrons. The van der Waals surface area contributed by atoms with Gasteiger partial charge in [-0.3, -0.25) is 9.59 Å². The van der Waals surface area contributed by atoms with Gasteiger partial charge >= 0.3 is 0 Å². The number of carbonyl (C=O) groups is 2. The topological polar surface area (TPSA) is 104 Å². The van der Waals surface area contributed by atoms with E-state index in [0.717, 1.165) is 5.56 Å². The Bertz CT molecular complexity index is 555. The van der Waals surface area contributed by atoms with Crippen molar-refractivity contribution in [2.75, 3.05) is 6.54 Å². The van der Waals surface area contributed by atoms with Crippen molar-refractivity contribution in [3.8, 4) is 0 Å². The zero-order valence-electron chi connectivity index (χ0n) is 16.5. The molecular formula is C20H34ClN3O3. The molecule has 0 radical (unpaired) electrons. The van der Waals surface area contributed by atoms with Crippen LogP contribution in [-0.4, -0.2) is 35.6 Å². The molecule has 0 aliphatic rings. The number of amides is 2. The highest BCUT2D eigenvalue weighted by Crippen LogP contribution is 2.09. The average molecular weight is 400 g/mol. The zero-order chi connectivity index (χ0) is 19.5. The van der Waals surface area contributed by atoms with Crippen molar-refractivity contribution in [1.29, 1.82) is 0 Å². The van der Waals surface area contributed by atoms with E-state index in [1.54, 1.807) is 0 Å². The van der Waals surface area contributed by atoms with Crippen molar-refractivity contribution < 1.29 is 14.7 Å². The Morgan fingerprint density at radius 3 is 2.26 bits per heavy atom. The lowest BCUT2D eigenvalue weighted by atomic mass is 9.99. The van der Waals surface area contributed by atoms with E-state index in [9.17, 15) is 14.7 Å². The minimum atomic E-state index is -0.823. The van der Waals surface area contributed by atoms with Crippen LogP contribution in [0.3, 0.4) is 0 Å². The predicted octanol–water partition coefficient (Wildman–Crippen LogP) is 1.99. The molecule has 0 aliphatic carbocycles. The molecular weight excluding hydrogens is 366 g/mol. The third-order valence-corrected chi connectivity index (χ3v) is 4.24. The first-order valence-corrected chi connectivity index (χ1v) is 9.38. The number of rotatable bonds is 11. The van der Waals surface area contributed by atoms with Crippen LogP contribution in [0.1, 0.15) is 45.6 Å². The fraction of sp³-hybridized carbons (Fsp3) is 0.600. The Labute approximate surface area is 168 Å². The molecule has 0 heterocycles. The van der Waals surface area contributed by atoms with Crippen LogP contribution in [0.2, 0.25) is 0 Å². The second kappa shape index (κ2) is 13.5. The molecule has 0 aliphatic heterocycles. The normalized spacial score (nSPS) is 14.0. The van der Waals surface area contributed by atoms with Gasteiger partial charge in [0.25, 0.3) is 0 Å². The van der Waals surface area contributed by atoms with Crippen molar-refractivity contribution >= 4 is 24.2 Å². The van der Waals surface area contributed by atoms with E-state index in [1.165, 1.54) is 0 Å². The molecule has 5 N–H and O–H groups in total. The van der Waals surface area contributed by atoms with Crippen LogP contribution < -0.4 is 16.4 Å². The molecule has 6 nitrogen and oxygen atoms in total. The summed E-state index contributed by atoms with van der Waals surface area (Å²) >= 11 is 0. The maximum Gasteiger partial charge on any atom is 0.232 e. The molecule has 0 aromatic heterocycles. The van der Waals surface area contributed by atoms with Crippen molar-refractivity contribution in [2.24, 2.45) is 17.6 Å². The van der Waals surface area contributed by atoms with Gasteiger partial charge in [0.1, 0.15) is 5.92 Å². The Kier molecular flexibility index (Phi) is 12.7. The van der Waals surface area contributed by atoms with Gasteiger partial charge in [0.05, 0.1) is 6.10 Å². The van der Waals surface area contributed by atoms with Crippen LogP contribution >= 0.6 is 12.4 Å². The highest BCUT2D eigenvalue weighted by Gasteiger charge is 2.26. The summed E-state index contributed by atoms with van der Waals surface area (Å²) in [5.74, 6) is -1.06. The number of hydrogen-bond acceptors (Lipinski definition) is 4. The van der Waals surface area contributed by atoms with E-state index in [2.05, 4.69) is 10.6 Å². The standard InChI is InChI=1S/C20H33N3O3.ClH/c1-4-8-16(19(25)22-12-15-9-6-5-7-10-15)20(26)23-13-18(24)17(21)11-14(2)3;/h5-7,9-10,14,16-18,24H,4,8,11-13,21H2,1-3H3,(H,22,25)(H,23,26);1H/t16?,17-,18?;/m0./s1. The van der Waals surface area contributed by atoms with Crippen LogP contribution in [0.25, 0.3) is 0 Å². The summed E-state index contributed by atoms with van der Waals surface area (Å²) < 4.78 is 0. The highest BCUT2D eigenvalue weighted by molar-refractivity contribution is 6.00. The lowest BCUT2D eigenvalue weighted by molar-refractivity contribution is -0.136. The molecule has 0 spiro atoms. The maximum atomic E-state index is 12.4. The van der Waals surface area contributed by atoms with E-state index >= 15 is 0 Å². The van der Waals surface area contributed by atoms with Gasteiger partial charge in [-0.25, -0.2) is 0 Å². The molecule has 1 rings (SSSR count). The molecule has 7 heteroatoms. The van der Waals surface area contributed by atoms with Gasteiger partial charge in [-0.15, -0.1) is 12.4 Å². The largest absolute Gasteiger partial charge is 0.390 e. The fourth-order valence-corrected chi connectivity index (χ4v) is 2.76. The number of carbonyl (C=O) groups excluding carboxylic acids is 2. The van der Waals surface area contributed by atoms with Crippen LogP contribution in [0.5, 0.6) is 0 Å². The van der Waals surface area contributed by atoms with Crippen LogP contribution in [-0.2, 0) is 16.1 Å². The highest BCUT2D eigenvalue weighted by atomic mass is 35.5. The number of aliphatic hydroxyl groups excluding tert-OH is 1. The quantitative estimate of drug-likeness (QED) is 0.427. The smallest absolute Gasteiger partial charge is 0.232 e. The summed E-state index contributed by atoms with van der Waals surface area (Å²) in [5.41, 5.74) is 6.91. The molecule has 0 bridgehead atoms. The van der Waals surface area contributed by atoms with Crippen molar-refractivity contribution in [3.05, 3.63) is 35.9 Å². The van der Waals surface area contributed by atoms with Crippen LogP contribution in [0.15, 0.2) is 30.3 Å². The molecule has 2 unspecified atom stereocenters. The molecule has 1 aromatic rings. The summed E-state index contributed by atoms with van der Waals surface area (Å²) in [6.07, 6.45) is 1.02. The maximum absolute atomic E-state index is 12.4. The van der Waals surface area contributed by atoms with Gasteiger partial charge in [-0.1, -0.05) is 57.5 Å². The Morgan fingerprint density at radius 1 is 1.11 bits per heavy atom. The molecule has 27 heavy (non-hydrogen) atoms. The van der Waals surface area contributed by atoms with Crippen LogP contribution in [0, 0.1) is 11.8 Å². The minimum Gasteiger partial charge on any atom is -0.390 e. The summed E-state index contributed by atoms with van der Waals surface area (Å²) in [7, 11) is 0. The van der Waals surface area contributed by atoms with Gasteiger partial charge in [0.2, 0.25) is 11.8 Å². The fourth-order valence-electron chi connectivity index (χ4n) is 2.76. The van der Waals surface area contributed by atoms with E-state index in [-0.39, 0.29) is 30.8 Å². The Hall–Kier alpha value is -1.63. The number of halogens is 1. The van der Waals surface area contributed by atoms with Crippen molar-refractivity contribution in [1.82, 2.24) is 10.6 Å². The molecule has 0 saturated heterocycles. The lowest BCUT2D eigenvalue weighted by Crippen LogP contribution is -2.47. The second-order valence-corrected chi connectivity index (χ2v) is 7.15. The molecule has 3 atom stereocenters. The molecule has 2 amide bonds. The Morgan fingerprint density at radius 2 is 1.70 bits per heavy atom. The van der Waals surface area contributed by atoms with Crippen molar-refractivity contribution in [2.45, 2.75) is 58.7 Å². The first-order chi connectivity index (χ1) is 12.3. The third-order valence-electron chi connectivity index (χ3n) is 4.24. The van der Waals surface area contributed by atoms with Gasteiger partial charge in [-0.2, -0.15) is 0 Å². The molecule has 0 fully saturated rings. The number of nitrogens with two attached hydrogens (primary N) is 1. The molecule has 1 aromatic carbocycles. The summed E-state index contributed by atoms with van der Waals surface area (Å²) in [6, 6.07) is 9.16. The monoisotopic (exact) mass is 399 g/mol. The summed E-state index contributed by atoms with van der Waals surface area (Å²) in [5, 5.41) is 15.6. The van der Waals surface area contributed by atoms with Gasteiger partial charge in [0, 0.05) is 19.1 Å². The van der Waals surface area contributed by atoms with Crippen LogP contribution in [0.4, 0.5) is 0 Å². The predicted molar refractivity (Wildman–Crippen MR) is 110 cm³/mol. The van der Waals surface area contributed by atoms with E-state index < -0.39 is 18.1 Å². The first-order valence-electron chi connectivity index (χ1n) is 9.38. The van der Waals surface area contributed by atoms with E-state index in [1.807, 2.05) is 51.1 Å². The summed E-state index contributed by atoms with van der Waals surface area (Å²) in [4.78, 5) is 24.8. The number of benzene rings is 1. The molecule has 0 saturated carbocycles. The number of hydrogen-bond donors (Lipinski definition) is 4. The first kappa shape index (κ1) is 25.4. The van der Waals surface area contributed by atoms with E-state index in [4.69, 9.17) is 5.73 Å². The van der Waals surface area contributed by atoms with Gasteiger partial charge in [-0.05, 0) is 24.3 Å². The second-order valence-electron chi connectivity index (χ2n) is 7.15. The Balaban J connectivity index is 0.00000676. The SMILES string of the molecule is CCCC(C(=O)NCc1ccccc1)C(=O)NCC(O)[C@@H](N)CC(C)C.Cl. The van der Waals surface area contributed by atoms with E-state index in [0.29, 0.717) is 31.7 Å².